The maximum absolute atomic E-state index is 12.6. The van der Waals surface area contributed by atoms with Crippen molar-refractivity contribution in [2.24, 2.45) is 0 Å². The van der Waals surface area contributed by atoms with Gasteiger partial charge in [0.05, 0.1) is 6.61 Å². The summed E-state index contributed by atoms with van der Waals surface area (Å²) in [7, 11) is 0. The molecule has 6 heteroatoms. The molecule has 5 nitrogen and oxygen atoms in total. The number of allylic oxidation sites excluding steroid dienone is 1. The minimum absolute atomic E-state index is 0.0966. The van der Waals surface area contributed by atoms with Crippen LogP contribution in [0.25, 0.3) is 6.08 Å². The van der Waals surface area contributed by atoms with E-state index in [2.05, 4.69) is 20.8 Å². The Labute approximate surface area is 227 Å². The fourth-order valence-electron chi connectivity index (χ4n) is 3.30. The van der Waals surface area contributed by atoms with Gasteiger partial charge in [0.2, 0.25) is 0 Å². The number of aliphatic carboxylic acids is 1. The van der Waals surface area contributed by atoms with Crippen molar-refractivity contribution >= 4 is 29.6 Å². The lowest BCUT2D eigenvalue weighted by molar-refractivity contribution is -0.152. The van der Waals surface area contributed by atoms with Crippen molar-refractivity contribution < 1.29 is 24.2 Å². The van der Waals surface area contributed by atoms with Crippen LogP contribution < -0.4 is 9.47 Å². The van der Waals surface area contributed by atoms with Gasteiger partial charge < -0.3 is 14.6 Å². The number of ether oxygens (including phenoxy) is 2. The molecular weight excluding hydrogens is 484 g/mol. The molecule has 0 fully saturated rings. The van der Waals surface area contributed by atoms with Crippen LogP contribution >= 0.6 is 11.8 Å². The quantitative estimate of drug-likeness (QED) is 0.151. The number of carboxylic acids is 1. The summed E-state index contributed by atoms with van der Waals surface area (Å²) in [5.74, 6) is 2.32. The third-order valence-corrected chi connectivity index (χ3v) is 6.34. The summed E-state index contributed by atoms with van der Waals surface area (Å²) in [6.07, 6.45) is 8.33. The number of carbonyl (C=O) groups excluding carboxylic acids is 1. The van der Waals surface area contributed by atoms with Crippen molar-refractivity contribution in [2.75, 3.05) is 18.1 Å². The van der Waals surface area contributed by atoms with Gasteiger partial charge in [0, 0.05) is 11.3 Å². The highest BCUT2D eigenvalue weighted by Crippen LogP contribution is 2.29. The summed E-state index contributed by atoms with van der Waals surface area (Å²) in [6, 6.07) is 11.0. The van der Waals surface area contributed by atoms with E-state index in [1.54, 1.807) is 24.3 Å². The fraction of sp³-hybridized carbons (Fsp3) is 0.484. The number of rotatable bonds is 14. The van der Waals surface area contributed by atoms with E-state index in [4.69, 9.17) is 9.47 Å². The largest absolute Gasteiger partial charge is 0.493 e. The van der Waals surface area contributed by atoms with E-state index in [1.165, 1.54) is 45.3 Å². The van der Waals surface area contributed by atoms with Gasteiger partial charge in [-0.25, -0.2) is 4.79 Å². The Morgan fingerprint density at radius 1 is 0.973 bits per heavy atom. The highest BCUT2D eigenvalue weighted by atomic mass is 32.2. The molecule has 2 aromatic carbocycles. The van der Waals surface area contributed by atoms with E-state index >= 15 is 0 Å². The van der Waals surface area contributed by atoms with Crippen LogP contribution in [0.15, 0.2) is 42.5 Å². The van der Waals surface area contributed by atoms with Crippen molar-refractivity contribution in [1.82, 2.24) is 0 Å². The first-order chi connectivity index (χ1) is 17.5. The van der Waals surface area contributed by atoms with Crippen LogP contribution in [0.4, 0.5) is 0 Å². The van der Waals surface area contributed by atoms with E-state index in [0.717, 1.165) is 28.2 Å². The molecule has 0 atom stereocenters. The molecule has 0 saturated heterocycles. The summed E-state index contributed by atoms with van der Waals surface area (Å²) in [5, 5.41) is 9.32. The predicted molar refractivity (Wildman–Crippen MR) is 156 cm³/mol. The third kappa shape index (κ3) is 11.9. The number of benzene rings is 2. The fourth-order valence-corrected chi connectivity index (χ4v) is 4.11. The van der Waals surface area contributed by atoms with Gasteiger partial charge in [0.25, 0.3) is 0 Å². The van der Waals surface area contributed by atoms with Gasteiger partial charge in [0.1, 0.15) is 11.5 Å². The first-order valence-electron chi connectivity index (χ1n) is 13.1. The Balaban J connectivity index is 0.00000217. The molecule has 0 aliphatic heterocycles. The summed E-state index contributed by atoms with van der Waals surface area (Å²) in [5.41, 5.74) is 1.74. The molecule has 0 radical (unpaired) electrons. The van der Waals surface area contributed by atoms with Crippen LogP contribution in [0.5, 0.6) is 11.5 Å². The predicted octanol–water partition coefficient (Wildman–Crippen LogP) is 8.16. The Morgan fingerprint density at radius 3 is 2.11 bits per heavy atom. The number of carbonyl (C=O) groups is 2. The summed E-state index contributed by atoms with van der Waals surface area (Å²) in [6.45, 7) is 13.9. The van der Waals surface area contributed by atoms with Gasteiger partial charge in [0.15, 0.2) is 11.4 Å². The summed E-state index contributed by atoms with van der Waals surface area (Å²) < 4.78 is 11.5. The second kappa shape index (κ2) is 16.9. The van der Waals surface area contributed by atoms with Crippen molar-refractivity contribution in [3.8, 4) is 11.5 Å². The van der Waals surface area contributed by atoms with Crippen molar-refractivity contribution in [3.63, 3.8) is 0 Å². The van der Waals surface area contributed by atoms with Crippen LogP contribution in [0.3, 0.4) is 0 Å². The van der Waals surface area contributed by atoms with Crippen LogP contribution in [-0.2, 0) is 4.79 Å². The maximum Gasteiger partial charge on any atom is 0.347 e. The summed E-state index contributed by atoms with van der Waals surface area (Å²) >= 11 is 1.91. The number of hydrogen-bond donors (Lipinski definition) is 1. The first kappa shape index (κ1) is 32.3. The lowest BCUT2D eigenvalue weighted by Crippen LogP contribution is -2.38. The third-order valence-electron chi connectivity index (χ3n) is 5.31. The zero-order chi connectivity index (χ0) is 27.8. The number of hydrogen-bond acceptors (Lipinski definition) is 5. The van der Waals surface area contributed by atoms with Gasteiger partial charge >= 0.3 is 5.97 Å². The average Bonchev–Trinajstić information content (AvgIpc) is 2.85. The lowest BCUT2D eigenvalue weighted by Gasteiger charge is -2.24. The second-order valence-electron chi connectivity index (χ2n) is 9.50. The standard InChI is InChI=1S/C28H36O5S.C3H8/c1-6-7-8-16-34-17-15-32-24-12-10-23(11-13-24)25(29)14-9-22-18-20(2)26(21(3)19-22)33-28(4,5)27(30)31;1-3-2/h9-14,18-19H,6-8,15-17H2,1-5H3,(H,30,31);3H2,1-2H3/b14-9+;. The number of unbranched alkanes of at least 4 members (excludes halogenated alkanes) is 2. The zero-order valence-electron chi connectivity index (χ0n) is 23.6. The highest BCUT2D eigenvalue weighted by Gasteiger charge is 2.30. The Morgan fingerprint density at radius 2 is 1.57 bits per heavy atom. The minimum atomic E-state index is -1.33. The lowest BCUT2D eigenvalue weighted by atomic mass is 10.0. The molecule has 37 heavy (non-hydrogen) atoms. The molecule has 0 bridgehead atoms. The van der Waals surface area contributed by atoms with Gasteiger partial charge in [-0.05, 0) is 99.0 Å². The Bertz CT molecular complexity index is 986. The molecule has 0 aliphatic rings. The monoisotopic (exact) mass is 528 g/mol. The number of aryl methyl sites for hydroxylation is 2. The first-order valence-corrected chi connectivity index (χ1v) is 14.3. The van der Waals surface area contributed by atoms with E-state index < -0.39 is 11.6 Å². The van der Waals surface area contributed by atoms with Gasteiger partial charge in [-0.2, -0.15) is 11.8 Å². The molecule has 2 rings (SSSR count). The minimum Gasteiger partial charge on any atom is -0.493 e. The summed E-state index contributed by atoms with van der Waals surface area (Å²) in [4.78, 5) is 24.0. The topological polar surface area (TPSA) is 72.8 Å². The van der Waals surface area contributed by atoms with E-state index in [0.29, 0.717) is 17.9 Å². The van der Waals surface area contributed by atoms with E-state index in [9.17, 15) is 14.7 Å². The van der Waals surface area contributed by atoms with Crippen molar-refractivity contribution in [1.29, 1.82) is 0 Å². The van der Waals surface area contributed by atoms with Gasteiger partial charge in [-0.15, -0.1) is 0 Å². The smallest absolute Gasteiger partial charge is 0.347 e. The molecule has 2 aromatic rings. The van der Waals surface area contributed by atoms with Gasteiger partial charge in [-0.1, -0.05) is 46.1 Å². The average molecular weight is 529 g/mol. The molecule has 0 aliphatic carbocycles. The van der Waals surface area contributed by atoms with Crippen molar-refractivity contribution in [2.45, 2.75) is 79.8 Å². The van der Waals surface area contributed by atoms with Crippen LogP contribution in [0.1, 0.15) is 87.4 Å². The number of carboxylic acid groups (broad SMARTS) is 1. The number of ketones is 1. The van der Waals surface area contributed by atoms with E-state index in [1.807, 2.05) is 49.9 Å². The number of thioether (sulfide) groups is 1. The van der Waals surface area contributed by atoms with Crippen LogP contribution in [0, 0.1) is 13.8 Å². The Kier molecular flexibility index (Phi) is 14.8. The molecule has 0 saturated carbocycles. The van der Waals surface area contributed by atoms with Crippen LogP contribution in [0.2, 0.25) is 0 Å². The molecule has 204 valence electrons. The zero-order valence-corrected chi connectivity index (χ0v) is 24.4. The van der Waals surface area contributed by atoms with Gasteiger partial charge in [-0.3, -0.25) is 4.79 Å². The molecule has 1 N–H and O–H groups in total. The maximum atomic E-state index is 12.6. The van der Waals surface area contributed by atoms with E-state index in [-0.39, 0.29) is 5.78 Å². The Hall–Kier alpha value is -2.73. The SMILES string of the molecule is CCC.CCCCCSCCOc1ccc(C(=O)/C=C/c2cc(C)c(OC(C)(C)C(=O)O)c(C)c2)cc1. The molecule has 0 amide bonds. The van der Waals surface area contributed by atoms with Crippen LogP contribution in [-0.4, -0.2) is 40.6 Å². The molecular formula is C31H44O5S. The molecule has 0 unspecified atom stereocenters. The second-order valence-corrected chi connectivity index (χ2v) is 10.7. The van der Waals surface area contributed by atoms with Crippen molar-refractivity contribution in [3.05, 3.63) is 64.7 Å². The normalized spacial score (nSPS) is 11.1. The highest BCUT2D eigenvalue weighted by molar-refractivity contribution is 7.99. The molecule has 0 heterocycles. The molecule has 0 spiro atoms. The molecule has 0 aromatic heterocycles.